The minimum Gasteiger partial charge on any atom is -0.457 e. The van der Waals surface area contributed by atoms with Crippen LogP contribution in [0, 0.1) is 6.92 Å². The van der Waals surface area contributed by atoms with Gasteiger partial charge in [0, 0.05) is 21.8 Å². The Morgan fingerprint density at radius 1 is 0.923 bits per heavy atom. The average molecular weight is 570 g/mol. The first-order valence-electron chi connectivity index (χ1n) is 12.4. The van der Waals surface area contributed by atoms with Crippen molar-refractivity contribution in [2.75, 3.05) is 4.90 Å². The Morgan fingerprint density at radius 3 is 2.44 bits per heavy atom. The van der Waals surface area contributed by atoms with E-state index in [-0.39, 0.29) is 12.1 Å². The summed E-state index contributed by atoms with van der Waals surface area (Å²) in [5, 5.41) is 5.57. The zero-order chi connectivity index (χ0) is 26.8. The largest absolute Gasteiger partial charge is 0.457 e. The van der Waals surface area contributed by atoms with Gasteiger partial charge in [0.2, 0.25) is 0 Å². The van der Waals surface area contributed by atoms with Gasteiger partial charge in [-0.25, -0.2) is 0 Å². The van der Waals surface area contributed by atoms with Crippen LogP contribution in [0.4, 0.5) is 5.69 Å². The quantitative estimate of drug-likeness (QED) is 0.197. The van der Waals surface area contributed by atoms with Gasteiger partial charge in [0.25, 0.3) is 0 Å². The van der Waals surface area contributed by atoms with E-state index >= 15 is 0 Å². The highest BCUT2D eigenvalue weighted by Gasteiger charge is 2.42. The molecule has 3 heterocycles. The Bertz CT molecular complexity index is 1590. The van der Waals surface area contributed by atoms with Crippen molar-refractivity contribution in [3.63, 3.8) is 0 Å². The van der Waals surface area contributed by atoms with Crippen molar-refractivity contribution in [1.82, 2.24) is 10.3 Å². The molecule has 2 atom stereocenters. The van der Waals surface area contributed by atoms with Gasteiger partial charge in [-0.3, -0.25) is 4.98 Å². The highest BCUT2D eigenvalue weighted by molar-refractivity contribution is 7.99. The van der Waals surface area contributed by atoms with E-state index in [0.29, 0.717) is 10.1 Å². The van der Waals surface area contributed by atoms with Crippen molar-refractivity contribution in [3.05, 3.63) is 131 Å². The molecule has 0 unspecified atom stereocenters. The fraction of sp³-hybridized carbons (Fsp3) is 0.0968. The Hall–Kier alpha value is -3.78. The molecule has 3 aromatic carbocycles. The number of aromatic nitrogens is 1. The molecule has 0 saturated carbocycles. The molecule has 5 aromatic rings. The van der Waals surface area contributed by atoms with Crippen molar-refractivity contribution in [1.29, 1.82) is 0 Å². The number of halogens is 1. The van der Waals surface area contributed by atoms with Gasteiger partial charge in [0.15, 0.2) is 10.2 Å². The van der Waals surface area contributed by atoms with Crippen molar-refractivity contribution in [2.45, 2.75) is 29.0 Å². The highest BCUT2D eigenvalue weighted by Crippen LogP contribution is 2.44. The van der Waals surface area contributed by atoms with Crippen LogP contribution in [-0.2, 0) is 0 Å². The first kappa shape index (κ1) is 25.5. The Kier molecular flexibility index (Phi) is 7.28. The van der Waals surface area contributed by atoms with Crippen molar-refractivity contribution < 1.29 is 9.15 Å². The standard InChI is InChI=1S/C31H24ClN3O2S2/c1-20-6-2-3-8-26(20)36-23-13-11-22(12-14-23)35-30(29(34-31(35)38)25-7-4-5-19-33-25)27-17-18-28(37-27)39-24-15-9-21(32)10-16-24/h2-19,29-30H,1H3,(H,34,38)/t29-,30-/m1/s1. The van der Waals surface area contributed by atoms with Gasteiger partial charge in [-0.05, 0) is 104 Å². The molecule has 0 bridgehead atoms. The third-order valence-corrected chi connectivity index (χ3v) is 7.96. The van der Waals surface area contributed by atoms with Crippen molar-refractivity contribution >= 4 is 46.4 Å². The van der Waals surface area contributed by atoms with Gasteiger partial charge in [0.1, 0.15) is 23.3 Å². The molecule has 1 aliphatic heterocycles. The third-order valence-electron chi connectivity index (χ3n) is 6.46. The third kappa shape index (κ3) is 5.52. The second-order valence-electron chi connectivity index (χ2n) is 9.07. The fourth-order valence-corrected chi connectivity index (χ4v) is 5.81. The van der Waals surface area contributed by atoms with Crippen LogP contribution >= 0.6 is 35.6 Å². The zero-order valence-electron chi connectivity index (χ0n) is 21.0. The Balaban J connectivity index is 1.31. The van der Waals surface area contributed by atoms with Crippen LogP contribution in [-0.4, -0.2) is 10.1 Å². The summed E-state index contributed by atoms with van der Waals surface area (Å²) in [6, 6.07) is 33.1. The molecule has 1 saturated heterocycles. The molecule has 0 radical (unpaired) electrons. The number of ether oxygens (including phenoxy) is 1. The molecule has 1 aliphatic rings. The summed E-state index contributed by atoms with van der Waals surface area (Å²) in [5.41, 5.74) is 2.89. The predicted molar refractivity (Wildman–Crippen MR) is 160 cm³/mol. The summed E-state index contributed by atoms with van der Waals surface area (Å²) < 4.78 is 12.5. The molecule has 1 fully saturated rings. The number of thiocarbonyl (C=S) groups is 1. The molecule has 1 N–H and O–H groups in total. The number of hydrogen-bond acceptors (Lipinski definition) is 5. The van der Waals surface area contributed by atoms with Crippen LogP contribution in [0.3, 0.4) is 0 Å². The number of rotatable bonds is 7. The number of nitrogens with one attached hydrogen (secondary N) is 1. The van der Waals surface area contributed by atoms with Gasteiger partial charge in [-0.15, -0.1) is 0 Å². The normalized spacial score (nSPS) is 16.8. The number of hydrogen-bond donors (Lipinski definition) is 1. The second-order valence-corrected chi connectivity index (χ2v) is 11.0. The van der Waals surface area contributed by atoms with Crippen molar-refractivity contribution in [3.8, 4) is 11.5 Å². The van der Waals surface area contributed by atoms with Crippen molar-refractivity contribution in [2.24, 2.45) is 0 Å². The van der Waals surface area contributed by atoms with Gasteiger partial charge in [0.05, 0.1) is 11.7 Å². The maximum atomic E-state index is 6.41. The Morgan fingerprint density at radius 2 is 1.69 bits per heavy atom. The number of furan rings is 1. The second kappa shape index (κ2) is 11.1. The van der Waals surface area contributed by atoms with Crippen LogP contribution in [0.2, 0.25) is 5.02 Å². The minimum absolute atomic E-state index is 0.193. The summed E-state index contributed by atoms with van der Waals surface area (Å²) in [7, 11) is 0. The number of aryl methyl sites for hydroxylation is 1. The number of pyridine rings is 1. The smallest absolute Gasteiger partial charge is 0.174 e. The van der Waals surface area contributed by atoms with Gasteiger partial charge >= 0.3 is 0 Å². The van der Waals surface area contributed by atoms with Gasteiger partial charge < -0.3 is 19.4 Å². The monoisotopic (exact) mass is 569 g/mol. The molecular weight excluding hydrogens is 546 g/mol. The van der Waals surface area contributed by atoms with Crippen LogP contribution in [0.25, 0.3) is 0 Å². The van der Waals surface area contributed by atoms with Crippen LogP contribution in [0.1, 0.15) is 29.1 Å². The summed E-state index contributed by atoms with van der Waals surface area (Å²) in [4.78, 5) is 7.75. The maximum absolute atomic E-state index is 6.41. The van der Waals surface area contributed by atoms with E-state index in [9.17, 15) is 0 Å². The molecule has 194 valence electrons. The van der Waals surface area contributed by atoms with Crippen LogP contribution < -0.4 is 15.0 Å². The lowest BCUT2D eigenvalue weighted by atomic mass is 10.0. The fourth-order valence-electron chi connectivity index (χ4n) is 4.56. The van der Waals surface area contributed by atoms with E-state index in [0.717, 1.165) is 44.2 Å². The van der Waals surface area contributed by atoms with E-state index in [1.165, 1.54) is 0 Å². The molecule has 0 spiro atoms. The molecular formula is C31H24ClN3O2S2. The molecule has 0 aliphatic carbocycles. The Labute approximate surface area is 241 Å². The van der Waals surface area contributed by atoms with Crippen LogP contribution in [0.15, 0.2) is 124 Å². The lowest BCUT2D eigenvalue weighted by Crippen LogP contribution is -2.29. The van der Waals surface area contributed by atoms with E-state index < -0.39 is 0 Å². The summed E-state index contributed by atoms with van der Waals surface area (Å²) in [6.45, 7) is 2.03. The lowest BCUT2D eigenvalue weighted by molar-refractivity contribution is 0.383. The van der Waals surface area contributed by atoms with Gasteiger partial charge in [-0.1, -0.05) is 47.6 Å². The predicted octanol–water partition coefficient (Wildman–Crippen LogP) is 8.76. The molecule has 6 rings (SSSR count). The molecule has 2 aromatic heterocycles. The first-order chi connectivity index (χ1) is 19.0. The molecule has 0 amide bonds. The SMILES string of the molecule is Cc1ccccc1Oc1ccc(N2C(=S)N[C@H](c3ccccn3)[C@H]2c2ccc(Sc3ccc(Cl)cc3)o2)cc1. The maximum Gasteiger partial charge on any atom is 0.174 e. The number of benzene rings is 3. The van der Waals surface area contributed by atoms with E-state index in [2.05, 4.69) is 15.2 Å². The average Bonchev–Trinajstić information content (AvgIpc) is 3.56. The number of anilines is 1. The van der Waals surface area contributed by atoms with Gasteiger partial charge in [-0.2, -0.15) is 0 Å². The summed E-state index contributed by atoms with van der Waals surface area (Å²) in [5.74, 6) is 2.37. The van der Waals surface area contributed by atoms with Crippen LogP contribution in [0.5, 0.6) is 11.5 Å². The topological polar surface area (TPSA) is 50.5 Å². The van der Waals surface area contributed by atoms with E-state index in [1.54, 1.807) is 18.0 Å². The molecule has 5 nitrogen and oxygen atoms in total. The minimum atomic E-state index is -0.241. The number of para-hydroxylation sites is 1. The van der Waals surface area contributed by atoms with E-state index in [1.807, 2.05) is 110 Å². The highest BCUT2D eigenvalue weighted by atomic mass is 35.5. The zero-order valence-corrected chi connectivity index (χ0v) is 23.3. The summed E-state index contributed by atoms with van der Waals surface area (Å²) in [6.07, 6.45) is 1.79. The van der Waals surface area contributed by atoms with E-state index in [4.69, 9.17) is 33.0 Å². The molecule has 39 heavy (non-hydrogen) atoms. The first-order valence-corrected chi connectivity index (χ1v) is 14.0. The lowest BCUT2D eigenvalue weighted by Gasteiger charge is -2.26. The number of nitrogens with zero attached hydrogens (tertiary/aromatic N) is 2. The summed E-state index contributed by atoms with van der Waals surface area (Å²) >= 11 is 13.5. The molecule has 8 heteroatoms.